The van der Waals surface area contributed by atoms with Crippen molar-refractivity contribution in [2.24, 2.45) is 0 Å². The number of halogens is 1. The van der Waals surface area contributed by atoms with Gasteiger partial charge in [0, 0.05) is 20.9 Å². The summed E-state index contributed by atoms with van der Waals surface area (Å²) >= 11 is 7.42. The number of unbranched alkanes of at least 4 members (excludes halogenated alkanes) is 4. The van der Waals surface area contributed by atoms with Crippen molar-refractivity contribution in [1.82, 2.24) is 5.32 Å². The summed E-state index contributed by atoms with van der Waals surface area (Å²) in [5.74, 6) is 0.563. The Hall–Kier alpha value is -1.67. The number of rotatable bonds is 9. The number of nitrogens with one attached hydrogen (secondary N) is 2. The molecule has 4 nitrogen and oxygen atoms in total. The smallest absolute Gasteiger partial charge is 0.257 e. The van der Waals surface area contributed by atoms with Crippen molar-refractivity contribution in [3.05, 3.63) is 57.7 Å². The second-order valence-corrected chi connectivity index (χ2v) is 7.86. The Morgan fingerprint density at radius 3 is 2.63 bits per heavy atom. The van der Waals surface area contributed by atoms with Crippen LogP contribution in [0.4, 0.5) is 5.69 Å². The third kappa shape index (κ3) is 8.26. The summed E-state index contributed by atoms with van der Waals surface area (Å²) in [5.41, 5.74) is 1.36. The van der Waals surface area contributed by atoms with Crippen molar-refractivity contribution in [3.63, 3.8) is 0 Å². The van der Waals surface area contributed by atoms with E-state index in [2.05, 4.69) is 40.1 Å². The summed E-state index contributed by atoms with van der Waals surface area (Å²) < 4.78 is 6.80. The molecule has 0 unspecified atom stereocenters. The van der Waals surface area contributed by atoms with Gasteiger partial charge in [0.2, 0.25) is 0 Å². The highest BCUT2D eigenvalue weighted by Gasteiger charge is 2.08. The number of anilines is 1. The molecule has 0 saturated carbocycles. The Labute approximate surface area is 180 Å². The summed E-state index contributed by atoms with van der Waals surface area (Å²) in [6, 6.07) is 14.9. The van der Waals surface area contributed by atoms with E-state index in [-0.39, 0.29) is 11.0 Å². The molecule has 0 fully saturated rings. The molecule has 0 saturated heterocycles. The Kier molecular flexibility index (Phi) is 9.55. The molecule has 144 valence electrons. The van der Waals surface area contributed by atoms with E-state index in [1.165, 1.54) is 25.7 Å². The molecule has 2 aromatic carbocycles. The first-order chi connectivity index (χ1) is 13.1. The van der Waals surface area contributed by atoms with Gasteiger partial charge >= 0.3 is 0 Å². The summed E-state index contributed by atoms with van der Waals surface area (Å²) in [7, 11) is 0. The fourth-order valence-electron chi connectivity index (χ4n) is 2.53. The zero-order valence-electron chi connectivity index (χ0n) is 15.5. The molecule has 0 spiro atoms. The van der Waals surface area contributed by atoms with E-state index in [0.717, 1.165) is 21.4 Å². The molecule has 0 aliphatic rings. The van der Waals surface area contributed by atoms with E-state index in [1.807, 2.05) is 42.5 Å². The first-order valence-corrected chi connectivity index (χ1v) is 10.7. The Morgan fingerprint density at radius 1 is 1.07 bits per heavy atom. The lowest BCUT2D eigenvalue weighted by molar-refractivity contribution is 0.0977. The van der Waals surface area contributed by atoms with Gasteiger partial charge in [0.05, 0.1) is 6.61 Å². The third-order valence-electron chi connectivity index (χ3n) is 3.92. The monoisotopic (exact) mass is 496 g/mol. The Bertz CT molecular complexity index is 767. The Balaban J connectivity index is 1.80. The number of amides is 1. The number of hydrogen-bond donors (Lipinski definition) is 2. The lowest BCUT2D eigenvalue weighted by atomic mass is 10.2. The highest BCUT2D eigenvalue weighted by molar-refractivity contribution is 14.1. The van der Waals surface area contributed by atoms with Gasteiger partial charge in [-0.2, -0.15) is 0 Å². The third-order valence-corrected chi connectivity index (χ3v) is 4.80. The average molecular weight is 496 g/mol. The fraction of sp³-hybridized carbons (Fsp3) is 0.333. The highest BCUT2D eigenvalue weighted by atomic mass is 127. The lowest BCUT2D eigenvalue weighted by Crippen LogP contribution is -2.34. The van der Waals surface area contributed by atoms with Crippen molar-refractivity contribution in [2.45, 2.75) is 39.0 Å². The zero-order chi connectivity index (χ0) is 19.5. The molecule has 0 aliphatic heterocycles. The molecule has 2 N–H and O–H groups in total. The molecule has 0 heterocycles. The zero-order valence-corrected chi connectivity index (χ0v) is 18.4. The molecule has 0 atom stereocenters. The number of thiocarbonyl (C=S) groups is 1. The highest BCUT2D eigenvalue weighted by Crippen LogP contribution is 2.18. The molecule has 2 aromatic rings. The number of benzene rings is 2. The van der Waals surface area contributed by atoms with Gasteiger partial charge in [0.25, 0.3) is 5.91 Å². The Morgan fingerprint density at radius 2 is 1.85 bits per heavy atom. The van der Waals surface area contributed by atoms with Crippen LogP contribution in [0.15, 0.2) is 48.5 Å². The molecular weight excluding hydrogens is 471 g/mol. The maximum absolute atomic E-state index is 12.2. The van der Waals surface area contributed by atoms with Crippen LogP contribution in [0.25, 0.3) is 0 Å². The van der Waals surface area contributed by atoms with Gasteiger partial charge in [-0.3, -0.25) is 10.1 Å². The van der Waals surface area contributed by atoms with Crippen LogP contribution in [0.3, 0.4) is 0 Å². The fourth-order valence-corrected chi connectivity index (χ4v) is 3.28. The second-order valence-electron chi connectivity index (χ2n) is 6.21. The normalized spacial score (nSPS) is 10.3. The molecule has 0 radical (unpaired) electrons. The first kappa shape index (κ1) is 21.6. The SMILES string of the molecule is CCCCCCCOc1cccc(NC(=S)NC(=O)c2cccc(I)c2)c1. The number of ether oxygens (including phenoxy) is 1. The molecule has 27 heavy (non-hydrogen) atoms. The van der Waals surface area contributed by atoms with Gasteiger partial charge < -0.3 is 10.1 Å². The molecule has 0 aliphatic carbocycles. The predicted octanol–water partition coefficient (Wildman–Crippen LogP) is 5.77. The molecule has 0 aromatic heterocycles. The number of hydrogen-bond acceptors (Lipinski definition) is 3. The van der Waals surface area contributed by atoms with Gasteiger partial charge in [-0.1, -0.05) is 44.7 Å². The number of carbonyl (C=O) groups excluding carboxylic acids is 1. The van der Waals surface area contributed by atoms with Gasteiger partial charge in [-0.25, -0.2) is 0 Å². The van der Waals surface area contributed by atoms with E-state index in [9.17, 15) is 4.79 Å². The standard InChI is InChI=1S/C21H25IN2O2S/c1-2-3-4-5-6-13-26-19-12-8-11-18(15-19)23-21(27)24-20(25)16-9-7-10-17(22)14-16/h7-12,14-15H,2-6,13H2,1H3,(H2,23,24,25,27). The molecular formula is C21H25IN2O2S. The van der Waals surface area contributed by atoms with Gasteiger partial charge in [0.15, 0.2) is 5.11 Å². The van der Waals surface area contributed by atoms with E-state index in [0.29, 0.717) is 12.2 Å². The second kappa shape index (κ2) is 11.9. The molecule has 2 rings (SSSR count). The van der Waals surface area contributed by atoms with Crippen molar-refractivity contribution in [1.29, 1.82) is 0 Å². The summed E-state index contributed by atoms with van der Waals surface area (Å²) in [4.78, 5) is 12.2. The largest absolute Gasteiger partial charge is 0.494 e. The molecule has 6 heteroatoms. The lowest BCUT2D eigenvalue weighted by Gasteiger charge is -2.12. The van der Waals surface area contributed by atoms with Crippen LogP contribution in [0, 0.1) is 3.57 Å². The first-order valence-electron chi connectivity index (χ1n) is 9.19. The van der Waals surface area contributed by atoms with Gasteiger partial charge in [-0.05, 0) is 71.6 Å². The van der Waals surface area contributed by atoms with Crippen molar-refractivity contribution >= 4 is 51.5 Å². The van der Waals surface area contributed by atoms with Crippen LogP contribution in [0.5, 0.6) is 5.75 Å². The van der Waals surface area contributed by atoms with Crippen molar-refractivity contribution in [3.8, 4) is 5.75 Å². The minimum atomic E-state index is -0.231. The van der Waals surface area contributed by atoms with Crippen molar-refractivity contribution in [2.75, 3.05) is 11.9 Å². The summed E-state index contributed by atoms with van der Waals surface area (Å²) in [6.45, 7) is 2.92. The minimum absolute atomic E-state index is 0.231. The van der Waals surface area contributed by atoms with Crippen LogP contribution < -0.4 is 15.4 Å². The quantitative estimate of drug-likeness (QED) is 0.263. The van der Waals surface area contributed by atoms with E-state index in [1.54, 1.807) is 6.07 Å². The minimum Gasteiger partial charge on any atom is -0.494 e. The van der Waals surface area contributed by atoms with Crippen LogP contribution >= 0.6 is 34.8 Å². The maximum atomic E-state index is 12.2. The van der Waals surface area contributed by atoms with E-state index in [4.69, 9.17) is 17.0 Å². The maximum Gasteiger partial charge on any atom is 0.257 e. The molecule has 1 amide bonds. The van der Waals surface area contributed by atoms with Crippen LogP contribution in [-0.2, 0) is 0 Å². The summed E-state index contributed by atoms with van der Waals surface area (Å²) in [5, 5.41) is 5.99. The van der Waals surface area contributed by atoms with Crippen LogP contribution in [-0.4, -0.2) is 17.6 Å². The van der Waals surface area contributed by atoms with Gasteiger partial charge in [0.1, 0.15) is 5.75 Å². The van der Waals surface area contributed by atoms with E-state index >= 15 is 0 Å². The van der Waals surface area contributed by atoms with Gasteiger partial charge in [-0.15, -0.1) is 0 Å². The predicted molar refractivity (Wildman–Crippen MR) is 124 cm³/mol. The molecule has 0 bridgehead atoms. The average Bonchev–Trinajstić information content (AvgIpc) is 2.65. The number of carbonyl (C=O) groups is 1. The van der Waals surface area contributed by atoms with Crippen LogP contribution in [0.2, 0.25) is 0 Å². The van der Waals surface area contributed by atoms with E-state index < -0.39 is 0 Å². The van der Waals surface area contributed by atoms with Crippen molar-refractivity contribution < 1.29 is 9.53 Å². The van der Waals surface area contributed by atoms with Crippen LogP contribution in [0.1, 0.15) is 49.4 Å². The summed E-state index contributed by atoms with van der Waals surface area (Å²) in [6.07, 6.45) is 6.04. The topological polar surface area (TPSA) is 50.4 Å².